The van der Waals surface area contributed by atoms with Gasteiger partial charge in [0.25, 0.3) is 0 Å². The van der Waals surface area contributed by atoms with E-state index < -0.39 is 0 Å². The first-order valence-electron chi connectivity index (χ1n) is 6.49. The Hall–Kier alpha value is -2.01. The van der Waals surface area contributed by atoms with Gasteiger partial charge in [0.1, 0.15) is 5.75 Å². The van der Waals surface area contributed by atoms with Gasteiger partial charge in [-0.05, 0) is 42.0 Å². The van der Waals surface area contributed by atoms with Crippen molar-refractivity contribution in [2.75, 3.05) is 19.5 Å². The molecule has 0 spiro atoms. The first kappa shape index (κ1) is 15.4. The van der Waals surface area contributed by atoms with Crippen molar-refractivity contribution < 1.29 is 9.53 Å². The lowest BCUT2D eigenvalue weighted by Gasteiger charge is -2.18. The quantitative estimate of drug-likeness (QED) is 0.902. The van der Waals surface area contributed by atoms with Gasteiger partial charge in [-0.25, -0.2) is 4.79 Å². The van der Waals surface area contributed by atoms with Crippen LogP contribution in [0, 0.1) is 0 Å². The molecule has 0 atom stereocenters. The summed E-state index contributed by atoms with van der Waals surface area (Å²) < 4.78 is 6.16. The highest BCUT2D eigenvalue weighted by atomic mass is 79.9. The van der Waals surface area contributed by atoms with Crippen LogP contribution in [0.1, 0.15) is 5.56 Å². The summed E-state index contributed by atoms with van der Waals surface area (Å²) in [7, 11) is 3.39. The van der Waals surface area contributed by atoms with Crippen LogP contribution in [-0.4, -0.2) is 25.1 Å². The minimum absolute atomic E-state index is 0.153. The van der Waals surface area contributed by atoms with E-state index in [1.54, 1.807) is 19.1 Å². The van der Waals surface area contributed by atoms with E-state index >= 15 is 0 Å². The number of carbonyl (C=O) groups is 1. The molecule has 0 aromatic heterocycles. The highest BCUT2D eigenvalue weighted by Gasteiger charge is 2.09. The predicted molar refractivity (Wildman–Crippen MR) is 87.6 cm³/mol. The monoisotopic (exact) mass is 348 g/mol. The van der Waals surface area contributed by atoms with Crippen molar-refractivity contribution in [3.05, 3.63) is 58.6 Å². The largest absolute Gasteiger partial charge is 0.497 e. The van der Waals surface area contributed by atoms with Gasteiger partial charge in [0.2, 0.25) is 0 Å². The molecule has 2 aromatic carbocycles. The first-order valence-corrected chi connectivity index (χ1v) is 7.28. The zero-order valence-electron chi connectivity index (χ0n) is 12.0. The summed E-state index contributed by atoms with van der Waals surface area (Å²) in [6, 6.07) is 15.0. The molecule has 110 valence electrons. The van der Waals surface area contributed by atoms with Crippen molar-refractivity contribution >= 4 is 27.6 Å². The Morgan fingerprint density at radius 3 is 2.62 bits per heavy atom. The van der Waals surface area contributed by atoms with Gasteiger partial charge < -0.3 is 15.0 Å². The molecule has 0 aliphatic carbocycles. The lowest BCUT2D eigenvalue weighted by molar-refractivity contribution is 0.220. The molecule has 0 saturated heterocycles. The van der Waals surface area contributed by atoms with Crippen LogP contribution in [0.3, 0.4) is 0 Å². The molecule has 0 heterocycles. The Kier molecular flexibility index (Phi) is 5.22. The number of urea groups is 1. The van der Waals surface area contributed by atoms with Gasteiger partial charge in [0.15, 0.2) is 0 Å². The lowest BCUT2D eigenvalue weighted by atomic mass is 10.2. The van der Waals surface area contributed by atoms with Crippen LogP contribution < -0.4 is 10.1 Å². The van der Waals surface area contributed by atoms with Crippen molar-refractivity contribution in [2.24, 2.45) is 0 Å². The highest BCUT2D eigenvalue weighted by Crippen LogP contribution is 2.16. The number of methoxy groups -OCH3 is 1. The molecule has 0 fully saturated rings. The summed E-state index contributed by atoms with van der Waals surface area (Å²) in [6.07, 6.45) is 0. The maximum absolute atomic E-state index is 12.1. The Morgan fingerprint density at radius 1 is 1.24 bits per heavy atom. The molecule has 0 aliphatic rings. The topological polar surface area (TPSA) is 41.6 Å². The third-order valence-electron chi connectivity index (χ3n) is 3.00. The van der Waals surface area contributed by atoms with E-state index in [2.05, 4.69) is 21.2 Å². The average molecular weight is 349 g/mol. The normalized spacial score (nSPS) is 10.0. The van der Waals surface area contributed by atoms with E-state index in [1.807, 2.05) is 48.5 Å². The maximum atomic E-state index is 12.1. The molecule has 0 aliphatic heterocycles. The number of nitrogens with zero attached hydrogens (tertiary/aromatic N) is 1. The molecule has 0 radical (unpaired) electrons. The number of hydrogen-bond donors (Lipinski definition) is 1. The molecule has 2 rings (SSSR count). The second-order valence-electron chi connectivity index (χ2n) is 4.64. The fourth-order valence-electron chi connectivity index (χ4n) is 1.87. The van der Waals surface area contributed by atoms with E-state index in [1.165, 1.54) is 0 Å². The molecule has 0 bridgehead atoms. The number of benzene rings is 2. The van der Waals surface area contributed by atoms with Gasteiger partial charge in [-0.15, -0.1) is 0 Å². The lowest BCUT2D eigenvalue weighted by Crippen LogP contribution is -2.30. The standard InChI is InChI=1S/C16H17BrN2O2/c1-19(11-12-4-3-5-15(10-12)21-2)16(20)18-14-8-6-13(17)7-9-14/h3-10H,11H2,1-2H3,(H,18,20). The van der Waals surface area contributed by atoms with Gasteiger partial charge in [-0.2, -0.15) is 0 Å². The smallest absolute Gasteiger partial charge is 0.321 e. The average Bonchev–Trinajstić information content (AvgIpc) is 2.49. The number of nitrogens with one attached hydrogen (secondary N) is 1. The van der Waals surface area contributed by atoms with E-state index in [0.717, 1.165) is 21.5 Å². The minimum Gasteiger partial charge on any atom is -0.497 e. The molecule has 0 saturated carbocycles. The van der Waals surface area contributed by atoms with Gasteiger partial charge in [-0.3, -0.25) is 0 Å². The number of amides is 2. The van der Waals surface area contributed by atoms with Crippen molar-refractivity contribution in [1.82, 2.24) is 4.90 Å². The Labute approximate surface area is 132 Å². The summed E-state index contributed by atoms with van der Waals surface area (Å²) in [5.74, 6) is 0.786. The number of halogens is 1. The number of ether oxygens (including phenoxy) is 1. The van der Waals surface area contributed by atoms with Crippen LogP contribution in [0.25, 0.3) is 0 Å². The molecular formula is C16H17BrN2O2. The van der Waals surface area contributed by atoms with Crippen LogP contribution in [0.15, 0.2) is 53.0 Å². The van der Waals surface area contributed by atoms with Gasteiger partial charge in [0, 0.05) is 23.8 Å². The van der Waals surface area contributed by atoms with Gasteiger partial charge >= 0.3 is 6.03 Å². The molecular weight excluding hydrogens is 332 g/mol. The first-order chi connectivity index (χ1) is 10.1. The third kappa shape index (κ3) is 4.49. The van der Waals surface area contributed by atoms with E-state index in [4.69, 9.17) is 4.74 Å². The summed E-state index contributed by atoms with van der Waals surface area (Å²) >= 11 is 3.36. The number of anilines is 1. The molecule has 1 N–H and O–H groups in total. The third-order valence-corrected chi connectivity index (χ3v) is 3.52. The second kappa shape index (κ2) is 7.13. The van der Waals surface area contributed by atoms with Crippen molar-refractivity contribution in [2.45, 2.75) is 6.54 Å². The summed E-state index contributed by atoms with van der Waals surface area (Å²) in [4.78, 5) is 13.7. The molecule has 21 heavy (non-hydrogen) atoms. The molecule has 2 amide bonds. The zero-order chi connectivity index (χ0) is 15.2. The van der Waals surface area contributed by atoms with Crippen molar-refractivity contribution in [1.29, 1.82) is 0 Å². The molecule has 4 nitrogen and oxygen atoms in total. The number of rotatable bonds is 4. The Balaban J connectivity index is 1.97. The van der Waals surface area contributed by atoms with Crippen LogP contribution in [-0.2, 0) is 6.54 Å². The van der Waals surface area contributed by atoms with Gasteiger partial charge in [0.05, 0.1) is 7.11 Å². The molecule has 0 unspecified atom stereocenters. The van der Waals surface area contributed by atoms with E-state index in [-0.39, 0.29) is 6.03 Å². The van der Waals surface area contributed by atoms with Gasteiger partial charge in [-0.1, -0.05) is 28.1 Å². The van der Waals surface area contributed by atoms with Crippen LogP contribution in [0.4, 0.5) is 10.5 Å². The van der Waals surface area contributed by atoms with E-state index in [9.17, 15) is 4.79 Å². The second-order valence-corrected chi connectivity index (χ2v) is 5.56. The molecule has 2 aromatic rings. The fraction of sp³-hybridized carbons (Fsp3) is 0.188. The predicted octanol–water partition coefficient (Wildman–Crippen LogP) is 4.12. The SMILES string of the molecule is COc1cccc(CN(C)C(=O)Nc2ccc(Br)cc2)c1. The van der Waals surface area contributed by atoms with E-state index in [0.29, 0.717) is 6.54 Å². The Bertz CT molecular complexity index is 614. The minimum atomic E-state index is -0.153. The summed E-state index contributed by atoms with van der Waals surface area (Å²) in [5, 5.41) is 2.85. The van der Waals surface area contributed by atoms with Crippen LogP contribution in [0.2, 0.25) is 0 Å². The summed E-state index contributed by atoms with van der Waals surface area (Å²) in [6.45, 7) is 0.513. The Morgan fingerprint density at radius 2 is 1.95 bits per heavy atom. The van der Waals surface area contributed by atoms with Crippen molar-refractivity contribution in [3.63, 3.8) is 0 Å². The van der Waals surface area contributed by atoms with Crippen LogP contribution in [0.5, 0.6) is 5.75 Å². The molecule has 5 heteroatoms. The maximum Gasteiger partial charge on any atom is 0.321 e. The number of hydrogen-bond acceptors (Lipinski definition) is 2. The van der Waals surface area contributed by atoms with Crippen LogP contribution >= 0.6 is 15.9 Å². The highest BCUT2D eigenvalue weighted by molar-refractivity contribution is 9.10. The van der Waals surface area contributed by atoms with Crippen molar-refractivity contribution in [3.8, 4) is 5.75 Å². The number of carbonyl (C=O) groups excluding carboxylic acids is 1. The zero-order valence-corrected chi connectivity index (χ0v) is 13.6. The summed E-state index contributed by atoms with van der Waals surface area (Å²) in [5.41, 5.74) is 1.78. The fourth-order valence-corrected chi connectivity index (χ4v) is 2.13.